The van der Waals surface area contributed by atoms with Crippen LogP contribution in [0.3, 0.4) is 0 Å². The second-order valence-electron chi connectivity index (χ2n) is 5.64. The first-order valence-electron chi connectivity index (χ1n) is 7.78. The molecular weight excluding hydrogens is 288 g/mol. The van der Waals surface area contributed by atoms with Gasteiger partial charge in [-0.15, -0.1) is 0 Å². The van der Waals surface area contributed by atoms with Crippen LogP contribution in [0.15, 0.2) is 47.7 Å². The molecular formula is C18H24N4O. The number of rotatable bonds is 6. The number of guanidine groups is 1. The Kier molecular flexibility index (Phi) is 5.97. The maximum Gasteiger partial charge on any atom is 0.193 e. The summed E-state index contributed by atoms with van der Waals surface area (Å²) in [6.45, 7) is 6.69. The molecule has 2 rings (SSSR count). The third kappa shape index (κ3) is 5.62. The van der Waals surface area contributed by atoms with E-state index in [1.165, 1.54) is 11.1 Å². The third-order valence-electron chi connectivity index (χ3n) is 3.30. The standard InChI is InChI=1S/C18H24N4O/c1-13(2)23-17-6-4-16(5-7-17)22-18(19)21-11-9-15-8-10-20-12-14(15)3/h4-8,10,12-13H,9,11H2,1-3H3,(H3,19,21,22). The monoisotopic (exact) mass is 312 g/mol. The molecule has 0 bridgehead atoms. The zero-order chi connectivity index (χ0) is 16.7. The van der Waals surface area contributed by atoms with Crippen LogP contribution < -0.4 is 15.8 Å². The van der Waals surface area contributed by atoms with Crippen LogP contribution in [0.5, 0.6) is 5.75 Å². The summed E-state index contributed by atoms with van der Waals surface area (Å²) in [6, 6.07) is 9.69. The van der Waals surface area contributed by atoms with Crippen LogP contribution >= 0.6 is 0 Å². The minimum atomic E-state index is 0.164. The molecule has 0 aliphatic carbocycles. The average molecular weight is 312 g/mol. The normalized spacial score (nSPS) is 11.6. The molecule has 0 spiro atoms. The first kappa shape index (κ1) is 16.8. The van der Waals surface area contributed by atoms with Gasteiger partial charge in [0.25, 0.3) is 0 Å². The summed E-state index contributed by atoms with van der Waals surface area (Å²) in [5.74, 6) is 1.25. The van der Waals surface area contributed by atoms with Crippen LogP contribution in [0.2, 0.25) is 0 Å². The number of benzene rings is 1. The topological polar surface area (TPSA) is 72.5 Å². The predicted octanol–water partition coefficient (Wildman–Crippen LogP) is 3.15. The number of nitrogens with one attached hydrogen (secondary N) is 1. The molecule has 1 aromatic heterocycles. The predicted molar refractivity (Wildman–Crippen MR) is 95.0 cm³/mol. The highest BCUT2D eigenvalue weighted by Crippen LogP contribution is 2.16. The third-order valence-corrected chi connectivity index (χ3v) is 3.30. The molecule has 122 valence electrons. The number of aromatic nitrogens is 1. The van der Waals surface area contributed by atoms with E-state index < -0.39 is 0 Å². The van der Waals surface area contributed by atoms with Gasteiger partial charge >= 0.3 is 0 Å². The Hall–Kier alpha value is -2.56. The minimum absolute atomic E-state index is 0.164. The molecule has 0 fully saturated rings. The van der Waals surface area contributed by atoms with Crippen molar-refractivity contribution in [3.05, 3.63) is 53.9 Å². The highest BCUT2D eigenvalue weighted by atomic mass is 16.5. The Morgan fingerprint density at radius 3 is 2.65 bits per heavy atom. The van der Waals surface area contributed by atoms with Crippen LogP contribution in [0.4, 0.5) is 5.69 Å². The molecule has 0 saturated heterocycles. The zero-order valence-electron chi connectivity index (χ0n) is 13.9. The van der Waals surface area contributed by atoms with E-state index in [9.17, 15) is 0 Å². The molecule has 2 aromatic rings. The van der Waals surface area contributed by atoms with Gasteiger partial charge in [0.1, 0.15) is 5.75 Å². The smallest absolute Gasteiger partial charge is 0.193 e. The van der Waals surface area contributed by atoms with Gasteiger partial charge in [-0.05, 0) is 68.7 Å². The van der Waals surface area contributed by atoms with Gasteiger partial charge in [-0.25, -0.2) is 0 Å². The van der Waals surface area contributed by atoms with E-state index in [1.54, 1.807) is 6.20 Å². The van der Waals surface area contributed by atoms with Gasteiger partial charge in [-0.2, -0.15) is 0 Å². The van der Waals surface area contributed by atoms with E-state index in [-0.39, 0.29) is 6.10 Å². The average Bonchev–Trinajstić information content (AvgIpc) is 2.51. The van der Waals surface area contributed by atoms with Gasteiger partial charge in [0, 0.05) is 24.6 Å². The number of pyridine rings is 1. The van der Waals surface area contributed by atoms with Crippen molar-refractivity contribution in [1.82, 2.24) is 4.98 Å². The molecule has 23 heavy (non-hydrogen) atoms. The molecule has 1 aromatic carbocycles. The van der Waals surface area contributed by atoms with E-state index in [2.05, 4.69) is 22.2 Å². The summed E-state index contributed by atoms with van der Waals surface area (Å²) in [6.07, 6.45) is 4.67. The Balaban J connectivity index is 1.86. The van der Waals surface area contributed by atoms with E-state index in [0.29, 0.717) is 12.5 Å². The second-order valence-corrected chi connectivity index (χ2v) is 5.64. The van der Waals surface area contributed by atoms with Crippen LogP contribution in [0.1, 0.15) is 25.0 Å². The van der Waals surface area contributed by atoms with Gasteiger partial charge in [0.05, 0.1) is 6.10 Å². The van der Waals surface area contributed by atoms with E-state index in [1.807, 2.05) is 50.4 Å². The van der Waals surface area contributed by atoms with Crippen LogP contribution in [-0.4, -0.2) is 23.6 Å². The quantitative estimate of drug-likeness (QED) is 0.635. The van der Waals surface area contributed by atoms with Crippen LogP contribution in [0.25, 0.3) is 0 Å². The molecule has 5 heteroatoms. The Bertz CT molecular complexity index is 650. The number of ether oxygens (including phenoxy) is 1. The van der Waals surface area contributed by atoms with E-state index in [0.717, 1.165) is 17.9 Å². The van der Waals surface area contributed by atoms with Gasteiger partial charge in [0.2, 0.25) is 0 Å². The zero-order valence-corrected chi connectivity index (χ0v) is 13.9. The summed E-state index contributed by atoms with van der Waals surface area (Å²) in [5, 5.41) is 3.08. The van der Waals surface area contributed by atoms with Crippen LogP contribution in [0, 0.1) is 6.92 Å². The molecule has 0 amide bonds. The summed E-state index contributed by atoms with van der Waals surface area (Å²) >= 11 is 0. The fraction of sp³-hybridized carbons (Fsp3) is 0.333. The van der Waals surface area contributed by atoms with Crippen molar-refractivity contribution in [3.63, 3.8) is 0 Å². The molecule has 0 radical (unpaired) electrons. The van der Waals surface area contributed by atoms with Gasteiger partial charge in [-0.3, -0.25) is 9.98 Å². The van der Waals surface area contributed by atoms with Crippen molar-refractivity contribution in [2.75, 3.05) is 11.9 Å². The molecule has 3 N–H and O–H groups in total. The molecule has 0 saturated carbocycles. The minimum Gasteiger partial charge on any atom is -0.491 e. The molecule has 0 aliphatic heterocycles. The van der Waals surface area contributed by atoms with E-state index >= 15 is 0 Å². The van der Waals surface area contributed by atoms with Gasteiger partial charge in [-0.1, -0.05) is 0 Å². The van der Waals surface area contributed by atoms with Crippen molar-refractivity contribution in [2.45, 2.75) is 33.3 Å². The second kappa shape index (κ2) is 8.17. The summed E-state index contributed by atoms with van der Waals surface area (Å²) in [5.41, 5.74) is 9.23. The summed E-state index contributed by atoms with van der Waals surface area (Å²) in [7, 11) is 0. The fourth-order valence-corrected chi connectivity index (χ4v) is 2.16. The molecule has 0 atom stereocenters. The van der Waals surface area contributed by atoms with Crippen molar-refractivity contribution in [3.8, 4) is 5.75 Å². The number of aliphatic imine (C=N–C) groups is 1. The number of nitrogens with two attached hydrogens (primary N) is 1. The Morgan fingerprint density at radius 1 is 1.26 bits per heavy atom. The lowest BCUT2D eigenvalue weighted by atomic mass is 10.1. The lowest BCUT2D eigenvalue weighted by molar-refractivity contribution is 0.242. The number of aryl methyl sites for hydroxylation is 1. The lowest BCUT2D eigenvalue weighted by Crippen LogP contribution is -2.23. The Labute approximate surface area is 137 Å². The molecule has 0 aliphatic rings. The van der Waals surface area contributed by atoms with E-state index in [4.69, 9.17) is 10.5 Å². The largest absolute Gasteiger partial charge is 0.491 e. The highest BCUT2D eigenvalue weighted by molar-refractivity contribution is 5.92. The SMILES string of the molecule is Cc1cnccc1CCN=C(N)Nc1ccc(OC(C)C)cc1. The number of nitrogens with zero attached hydrogens (tertiary/aromatic N) is 2. The van der Waals surface area contributed by atoms with Gasteiger partial charge < -0.3 is 15.8 Å². The number of anilines is 1. The Morgan fingerprint density at radius 2 is 2.00 bits per heavy atom. The molecule has 5 nitrogen and oxygen atoms in total. The number of hydrogen-bond donors (Lipinski definition) is 2. The van der Waals surface area contributed by atoms with Crippen molar-refractivity contribution in [1.29, 1.82) is 0 Å². The lowest BCUT2D eigenvalue weighted by Gasteiger charge is -2.11. The van der Waals surface area contributed by atoms with Crippen molar-refractivity contribution >= 4 is 11.6 Å². The summed E-state index contributed by atoms with van der Waals surface area (Å²) in [4.78, 5) is 8.44. The molecule has 0 unspecified atom stereocenters. The maximum atomic E-state index is 5.92. The van der Waals surface area contributed by atoms with Gasteiger partial charge in [0.15, 0.2) is 5.96 Å². The number of hydrogen-bond acceptors (Lipinski definition) is 3. The molecule has 1 heterocycles. The fourth-order valence-electron chi connectivity index (χ4n) is 2.16. The highest BCUT2D eigenvalue weighted by Gasteiger charge is 2.00. The maximum absolute atomic E-state index is 5.92. The first-order valence-corrected chi connectivity index (χ1v) is 7.78. The van der Waals surface area contributed by atoms with Crippen LogP contribution in [-0.2, 0) is 6.42 Å². The van der Waals surface area contributed by atoms with Crippen molar-refractivity contribution < 1.29 is 4.74 Å². The van der Waals surface area contributed by atoms with Crippen molar-refractivity contribution in [2.24, 2.45) is 10.7 Å². The first-order chi connectivity index (χ1) is 11.0. The summed E-state index contributed by atoms with van der Waals surface area (Å²) < 4.78 is 5.60.